The molecule has 0 aliphatic heterocycles. The minimum absolute atomic E-state index is 0.0603. The lowest BCUT2D eigenvalue weighted by atomic mass is 9.72. The smallest absolute Gasteiger partial charge is 0.160 e. The van der Waals surface area contributed by atoms with Crippen LogP contribution in [-0.2, 0) is 24.2 Å². The highest BCUT2D eigenvalue weighted by atomic mass is 16.5. The number of ether oxygens (including phenoxy) is 1. The fraction of sp³-hybridized carbons (Fsp3) is 0.432. The van der Waals surface area contributed by atoms with Gasteiger partial charge in [0.25, 0.3) is 0 Å². The molecule has 0 radical (unpaired) electrons. The Morgan fingerprint density at radius 1 is 0.909 bits per heavy atom. The summed E-state index contributed by atoms with van der Waals surface area (Å²) in [4.78, 5) is 14.3. The normalized spacial score (nSPS) is 22.2. The Hall–Kier alpha value is -3.99. The van der Waals surface area contributed by atoms with E-state index in [4.69, 9.17) is 4.74 Å². The molecule has 0 amide bonds. The molecular formula is C37H44O7. The molecule has 1 aliphatic carbocycles. The predicted molar refractivity (Wildman–Crippen MR) is 170 cm³/mol. The molecule has 0 aromatic heterocycles. The first kappa shape index (κ1) is 32.9. The minimum atomic E-state index is -0.956. The van der Waals surface area contributed by atoms with Crippen molar-refractivity contribution in [2.45, 2.75) is 76.9 Å². The van der Waals surface area contributed by atoms with E-state index in [1.54, 1.807) is 12.1 Å². The molecule has 0 saturated heterocycles. The molecule has 5 N–H and O–H groups in total. The number of aliphatic hydroxyl groups excluding tert-OH is 2. The Morgan fingerprint density at radius 2 is 1.68 bits per heavy atom. The standard InChI is InChI=1S/C37H44O7/c1-3-4-6-14-29-33(40)21-30(31-22-36(44-2)35(42)20-28(31)23-38)26(17-24-10-7-5-8-11-24)12-9-13-27(37(29)43)18-25-15-16-32(39)34(41)19-25/h5,7-8,10-11,15-16,19-20,22,26-27,29-30,37-39,41-43H,3-4,6,13-14,17-18,21,23H2,1-2H3/t26-,27+,29+,30+,37-/m1/s1. The lowest BCUT2D eigenvalue weighted by molar-refractivity contribution is -0.128. The van der Waals surface area contributed by atoms with Gasteiger partial charge < -0.3 is 30.3 Å². The number of hydrogen-bond acceptors (Lipinski definition) is 7. The average molecular weight is 601 g/mol. The van der Waals surface area contributed by atoms with Gasteiger partial charge in [-0.25, -0.2) is 0 Å². The monoisotopic (exact) mass is 600 g/mol. The number of phenolic OH excluding ortho intramolecular Hbond substituents is 3. The van der Waals surface area contributed by atoms with Crippen molar-refractivity contribution in [3.05, 3.63) is 82.9 Å². The number of carbonyl (C=O) groups is 1. The maximum atomic E-state index is 14.3. The Labute approximate surface area is 260 Å². The molecule has 5 atom stereocenters. The number of hydrogen-bond donors (Lipinski definition) is 5. The van der Waals surface area contributed by atoms with Gasteiger partial charge in [0, 0.05) is 36.5 Å². The molecule has 44 heavy (non-hydrogen) atoms. The molecular weight excluding hydrogens is 556 g/mol. The molecule has 0 fully saturated rings. The van der Waals surface area contributed by atoms with Crippen LogP contribution in [0.4, 0.5) is 0 Å². The van der Waals surface area contributed by atoms with E-state index < -0.39 is 17.9 Å². The Morgan fingerprint density at radius 3 is 2.36 bits per heavy atom. The van der Waals surface area contributed by atoms with E-state index in [0.717, 1.165) is 30.4 Å². The van der Waals surface area contributed by atoms with Crippen LogP contribution in [0.1, 0.15) is 73.6 Å². The van der Waals surface area contributed by atoms with Crippen molar-refractivity contribution in [3.63, 3.8) is 0 Å². The summed E-state index contributed by atoms with van der Waals surface area (Å²) in [6, 6.07) is 17.8. The van der Waals surface area contributed by atoms with E-state index in [-0.39, 0.29) is 53.6 Å². The highest BCUT2D eigenvalue weighted by Crippen LogP contribution is 2.41. The zero-order chi connectivity index (χ0) is 31.6. The second-order valence-corrected chi connectivity index (χ2v) is 11.9. The summed E-state index contributed by atoms with van der Waals surface area (Å²) in [5, 5.41) is 52.5. The molecule has 0 bridgehead atoms. The SMILES string of the molecule is CCCCC[C@H]1C(=O)C[C@H](c2cc(OC)c(O)cc2CO)[C@@H](Cc2ccccc2)C#CC[C@@H](Cc2ccc(O)c(O)c2)[C@H]1O. The molecule has 3 aromatic rings. The first-order chi connectivity index (χ1) is 21.2. The van der Waals surface area contributed by atoms with Crippen LogP contribution in [0.15, 0.2) is 60.7 Å². The summed E-state index contributed by atoms with van der Waals surface area (Å²) in [5.74, 6) is 4.77. The van der Waals surface area contributed by atoms with Crippen molar-refractivity contribution in [1.82, 2.24) is 0 Å². The van der Waals surface area contributed by atoms with Gasteiger partial charge in [-0.1, -0.05) is 68.5 Å². The van der Waals surface area contributed by atoms with Gasteiger partial charge in [0.15, 0.2) is 23.0 Å². The van der Waals surface area contributed by atoms with Crippen LogP contribution in [0.2, 0.25) is 0 Å². The highest BCUT2D eigenvalue weighted by molar-refractivity contribution is 5.82. The van der Waals surface area contributed by atoms with Crippen LogP contribution >= 0.6 is 0 Å². The molecule has 4 rings (SSSR count). The Kier molecular flexibility index (Phi) is 11.7. The maximum absolute atomic E-state index is 14.3. The van der Waals surface area contributed by atoms with E-state index in [9.17, 15) is 30.3 Å². The van der Waals surface area contributed by atoms with Crippen molar-refractivity contribution in [2.75, 3.05) is 7.11 Å². The van der Waals surface area contributed by atoms with Gasteiger partial charge in [-0.3, -0.25) is 4.79 Å². The quantitative estimate of drug-likeness (QED) is 0.103. The van der Waals surface area contributed by atoms with E-state index in [0.29, 0.717) is 36.8 Å². The van der Waals surface area contributed by atoms with Crippen molar-refractivity contribution in [1.29, 1.82) is 0 Å². The number of aromatic hydroxyl groups is 3. The fourth-order valence-corrected chi connectivity index (χ4v) is 6.37. The summed E-state index contributed by atoms with van der Waals surface area (Å²) in [6.07, 6.45) is 3.71. The Bertz CT molecular complexity index is 1460. The number of methoxy groups -OCH3 is 1. The molecule has 0 heterocycles. The van der Waals surface area contributed by atoms with Gasteiger partial charge in [0.2, 0.25) is 0 Å². The van der Waals surface area contributed by atoms with Crippen LogP contribution in [0.25, 0.3) is 0 Å². The first-order valence-corrected chi connectivity index (χ1v) is 15.5. The topological polar surface area (TPSA) is 127 Å². The lowest BCUT2D eigenvalue weighted by Gasteiger charge is -2.33. The van der Waals surface area contributed by atoms with Crippen LogP contribution in [0.5, 0.6) is 23.0 Å². The third kappa shape index (κ3) is 8.13. The molecule has 1 aliphatic rings. The third-order valence-corrected chi connectivity index (χ3v) is 8.83. The third-order valence-electron chi connectivity index (χ3n) is 8.83. The molecule has 7 heteroatoms. The van der Waals surface area contributed by atoms with Gasteiger partial charge in [0.1, 0.15) is 5.78 Å². The molecule has 3 aromatic carbocycles. The van der Waals surface area contributed by atoms with Crippen LogP contribution in [-0.4, -0.2) is 44.5 Å². The average Bonchev–Trinajstić information content (AvgIpc) is 3.02. The number of benzene rings is 3. The molecule has 234 valence electrons. The number of rotatable bonds is 11. The summed E-state index contributed by atoms with van der Waals surface area (Å²) in [7, 11) is 1.46. The second-order valence-electron chi connectivity index (χ2n) is 11.9. The van der Waals surface area contributed by atoms with Gasteiger partial charge >= 0.3 is 0 Å². The van der Waals surface area contributed by atoms with Crippen molar-refractivity contribution >= 4 is 5.78 Å². The van der Waals surface area contributed by atoms with Gasteiger partial charge in [-0.05, 0) is 65.8 Å². The number of aliphatic hydroxyl groups is 2. The first-order valence-electron chi connectivity index (χ1n) is 15.5. The molecule has 0 spiro atoms. The van der Waals surface area contributed by atoms with Crippen molar-refractivity contribution in [2.24, 2.45) is 17.8 Å². The largest absolute Gasteiger partial charge is 0.504 e. The van der Waals surface area contributed by atoms with Crippen LogP contribution < -0.4 is 4.74 Å². The maximum Gasteiger partial charge on any atom is 0.160 e. The predicted octanol–water partition coefficient (Wildman–Crippen LogP) is 6.03. The number of phenols is 3. The van der Waals surface area contributed by atoms with E-state index >= 15 is 0 Å². The van der Waals surface area contributed by atoms with E-state index in [1.807, 2.05) is 30.3 Å². The Balaban J connectivity index is 1.81. The number of unbranched alkanes of at least 4 members (excludes halogenated alkanes) is 2. The van der Waals surface area contributed by atoms with Crippen molar-refractivity contribution < 1.29 is 35.1 Å². The fourth-order valence-electron chi connectivity index (χ4n) is 6.37. The van der Waals surface area contributed by atoms with E-state index in [2.05, 4.69) is 18.8 Å². The number of carbonyl (C=O) groups excluding carboxylic acids is 1. The van der Waals surface area contributed by atoms with Crippen LogP contribution in [0.3, 0.4) is 0 Å². The zero-order valence-corrected chi connectivity index (χ0v) is 25.6. The molecule has 0 saturated carbocycles. The van der Waals surface area contributed by atoms with E-state index in [1.165, 1.54) is 25.3 Å². The number of ketones is 1. The van der Waals surface area contributed by atoms with Crippen molar-refractivity contribution in [3.8, 4) is 34.8 Å². The summed E-state index contributed by atoms with van der Waals surface area (Å²) in [6.45, 7) is 1.77. The zero-order valence-electron chi connectivity index (χ0n) is 25.6. The van der Waals surface area contributed by atoms with Gasteiger partial charge in [-0.15, -0.1) is 5.92 Å². The second kappa shape index (κ2) is 15.7. The van der Waals surface area contributed by atoms with Gasteiger partial charge in [-0.2, -0.15) is 0 Å². The lowest BCUT2D eigenvalue weighted by Crippen LogP contribution is -2.37. The molecule has 0 unspecified atom stereocenters. The van der Waals surface area contributed by atoms with Gasteiger partial charge in [0.05, 0.1) is 19.8 Å². The number of Topliss-reactive ketones (excluding diaryl/α,β-unsaturated/α-hetero) is 1. The molecule has 7 nitrogen and oxygen atoms in total. The minimum Gasteiger partial charge on any atom is -0.504 e. The summed E-state index contributed by atoms with van der Waals surface area (Å²) < 4.78 is 5.42. The summed E-state index contributed by atoms with van der Waals surface area (Å²) in [5.41, 5.74) is 3.01. The summed E-state index contributed by atoms with van der Waals surface area (Å²) >= 11 is 0. The highest BCUT2D eigenvalue weighted by Gasteiger charge is 2.37. The van der Waals surface area contributed by atoms with Crippen LogP contribution in [0, 0.1) is 29.6 Å².